The number of aryl methyl sites for hydroxylation is 2. The van der Waals surface area contributed by atoms with E-state index in [4.69, 9.17) is 0 Å². The summed E-state index contributed by atoms with van der Waals surface area (Å²) in [4.78, 5) is 18.3. The van der Waals surface area contributed by atoms with Crippen LogP contribution in [0.4, 0.5) is 0 Å². The molecule has 37 heavy (non-hydrogen) atoms. The number of aromatic nitrogens is 8. The Balaban J connectivity index is 1.51. The maximum absolute atomic E-state index is 13.7. The zero-order chi connectivity index (χ0) is 25.8. The van der Waals surface area contributed by atoms with Crippen molar-refractivity contribution in [3.63, 3.8) is 0 Å². The fraction of sp³-hybridized carbons (Fsp3) is 0.296. The van der Waals surface area contributed by atoms with Gasteiger partial charge in [0.25, 0.3) is 0 Å². The van der Waals surface area contributed by atoms with Gasteiger partial charge in [0.15, 0.2) is 0 Å². The van der Waals surface area contributed by atoms with E-state index in [1.807, 2.05) is 59.4 Å². The Hall–Kier alpha value is -3.79. The van der Waals surface area contributed by atoms with E-state index in [2.05, 4.69) is 60.0 Å². The molecule has 0 bridgehead atoms. The summed E-state index contributed by atoms with van der Waals surface area (Å²) < 4.78 is 6.65. The molecular formula is C27H29BrN8O. The fourth-order valence-electron chi connectivity index (χ4n) is 4.55. The van der Waals surface area contributed by atoms with Gasteiger partial charge in [0.1, 0.15) is 5.82 Å². The van der Waals surface area contributed by atoms with E-state index in [-0.39, 0.29) is 5.69 Å². The van der Waals surface area contributed by atoms with Crippen LogP contribution in [0, 0.1) is 0 Å². The fourth-order valence-corrected chi connectivity index (χ4v) is 5.08. The third-order valence-electron chi connectivity index (χ3n) is 6.36. The van der Waals surface area contributed by atoms with E-state index in [0.29, 0.717) is 12.4 Å². The molecule has 0 aliphatic rings. The molecule has 5 rings (SSSR count). The lowest BCUT2D eigenvalue weighted by Gasteiger charge is -2.10. The second kappa shape index (κ2) is 11.1. The number of imidazole rings is 1. The van der Waals surface area contributed by atoms with Crippen molar-refractivity contribution in [1.82, 2.24) is 39.3 Å². The molecule has 0 spiro atoms. The van der Waals surface area contributed by atoms with Gasteiger partial charge in [-0.1, -0.05) is 38.5 Å². The minimum atomic E-state index is -0.0610. The number of benzene rings is 1. The molecule has 9 nitrogen and oxygen atoms in total. The largest absolute Gasteiger partial charge is 0.334 e. The highest BCUT2D eigenvalue weighted by Crippen LogP contribution is 2.26. The molecule has 4 heterocycles. The average molecular weight is 561 g/mol. The number of nitrogens with one attached hydrogen (secondary N) is 1. The number of pyridine rings is 1. The molecule has 0 saturated carbocycles. The number of hydrogen-bond acceptors (Lipinski definition) is 5. The van der Waals surface area contributed by atoms with Crippen LogP contribution in [0.2, 0.25) is 0 Å². The Labute approximate surface area is 223 Å². The number of nitrogens with zero attached hydrogens (tertiary/aromatic N) is 7. The molecule has 10 heteroatoms. The number of unbranched alkanes of at least 4 members (excludes halogenated alkanes) is 1. The first-order valence-electron chi connectivity index (χ1n) is 12.5. The summed E-state index contributed by atoms with van der Waals surface area (Å²) in [5, 5.41) is 14.3. The van der Waals surface area contributed by atoms with Crippen LogP contribution in [-0.4, -0.2) is 39.3 Å². The molecule has 0 radical (unpaired) electrons. The Bertz CT molecular complexity index is 1550. The van der Waals surface area contributed by atoms with Crippen molar-refractivity contribution in [2.24, 2.45) is 0 Å². The topological polar surface area (TPSA) is 99.2 Å². The van der Waals surface area contributed by atoms with Crippen LogP contribution in [-0.2, 0) is 19.5 Å². The number of hydrogen-bond donors (Lipinski definition) is 1. The van der Waals surface area contributed by atoms with Crippen molar-refractivity contribution < 1.29 is 0 Å². The van der Waals surface area contributed by atoms with Gasteiger partial charge in [-0.25, -0.2) is 4.79 Å². The van der Waals surface area contributed by atoms with Crippen molar-refractivity contribution in [1.29, 1.82) is 0 Å². The van der Waals surface area contributed by atoms with Crippen molar-refractivity contribution >= 4 is 15.9 Å². The summed E-state index contributed by atoms with van der Waals surface area (Å²) in [6, 6.07) is 14.0. The highest BCUT2D eigenvalue weighted by Gasteiger charge is 2.18. The monoisotopic (exact) mass is 560 g/mol. The zero-order valence-corrected chi connectivity index (χ0v) is 22.5. The molecule has 1 aromatic carbocycles. The van der Waals surface area contributed by atoms with E-state index >= 15 is 0 Å². The van der Waals surface area contributed by atoms with E-state index < -0.39 is 0 Å². The molecule has 0 amide bonds. The number of aromatic amines is 1. The third-order valence-corrected chi connectivity index (χ3v) is 6.98. The Morgan fingerprint density at radius 3 is 2.65 bits per heavy atom. The minimum absolute atomic E-state index is 0.0610. The highest BCUT2D eigenvalue weighted by atomic mass is 79.9. The summed E-state index contributed by atoms with van der Waals surface area (Å²) in [7, 11) is 0. The van der Waals surface area contributed by atoms with E-state index in [0.717, 1.165) is 70.6 Å². The number of halogens is 1. The molecule has 1 N–H and O–H groups in total. The predicted molar refractivity (Wildman–Crippen MR) is 147 cm³/mol. The van der Waals surface area contributed by atoms with E-state index in [1.54, 1.807) is 10.8 Å². The molecule has 5 aromatic rings. The van der Waals surface area contributed by atoms with Gasteiger partial charge in [0.2, 0.25) is 5.82 Å². The molecule has 0 fully saturated rings. The van der Waals surface area contributed by atoms with E-state index in [9.17, 15) is 4.79 Å². The molecule has 0 aliphatic carbocycles. The number of rotatable bonds is 10. The molecule has 190 valence electrons. The molecule has 0 saturated heterocycles. The van der Waals surface area contributed by atoms with Gasteiger partial charge in [-0.3, -0.25) is 14.1 Å². The maximum Gasteiger partial charge on any atom is 0.334 e. The SMILES string of the molecule is CCCCc1cn(-c2c(Br)ccn2CCC)c(=O)n1Cc1cc(-c2cccc(-c3nn[nH]n3)c2)ccn1. The van der Waals surface area contributed by atoms with Crippen LogP contribution < -0.4 is 5.69 Å². The summed E-state index contributed by atoms with van der Waals surface area (Å²) >= 11 is 3.65. The lowest BCUT2D eigenvalue weighted by Crippen LogP contribution is -2.26. The number of H-pyrrole nitrogens is 1. The molecular weight excluding hydrogens is 532 g/mol. The van der Waals surface area contributed by atoms with Crippen LogP contribution in [0.3, 0.4) is 0 Å². The Kier molecular flexibility index (Phi) is 7.45. The summed E-state index contributed by atoms with van der Waals surface area (Å²) in [5.74, 6) is 1.41. The molecule has 0 unspecified atom stereocenters. The van der Waals surface area contributed by atoms with Gasteiger partial charge in [-0.05, 0) is 75.8 Å². The predicted octanol–water partition coefficient (Wildman–Crippen LogP) is 5.25. The Morgan fingerprint density at radius 2 is 1.86 bits per heavy atom. The van der Waals surface area contributed by atoms with Gasteiger partial charge >= 0.3 is 5.69 Å². The standard InChI is InChI=1S/C27H29BrN8O/c1-3-5-9-23-18-36(26-24(28)11-14-34(26)13-4-2)27(37)35(23)17-22-16-20(10-12-29-22)19-7-6-8-21(15-19)25-30-32-33-31-25/h6-8,10-12,14-16,18H,3-5,9,13,17H2,1-2H3,(H,30,31,32,33). The summed E-state index contributed by atoms with van der Waals surface area (Å²) in [6.45, 7) is 5.54. The normalized spacial score (nSPS) is 11.3. The summed E-state index contributed by atoms with van der Waals surface area (Å²) in [5.41, 5.74) is 4.67. The second-order valence-corrected chi connectivity index (χ2v) is 9.85. The van der Waals surface area contributed by atoms with Crippen LogP contribution in [0.1, 0.15) is 44.5 Å². The highest BCUT2D eigenvalue weighted by molar-refractivity contribution is 9.10. The van der Waals surface area contributed by atoms with Crippen LogP contribution in [0.25, 0.3) is 28.3 Å². The van der Waals surface area contributed by atoms with Crippen molar-refractivity contribution in [2.75, 3.05) is 0 Å². The average Bonchev–Trinajstić information content (AvgIpc) is 3.65. The minimum Gasteiger partial charge on any atom is -0.333 e. The maximum atomic E-state index is 13.7. The molecule has 0 aliphatic heterocycles. The first-order valence-corrected chi connectivity index (χ1v) is 13.3. The smallest absolute Gasteiger partial charge is 0.333 e. The van der Waals surface area contributed by atoms with Gasteiger partial charge < -0.3 is 4.57 Å². The van der Waals surface area contributed by atoms with Gasteiger partial charge in [0.05, 0.1) is 16.7 Å². The van der Waals surface area contributed by atoms with Crippen molar-refractivity contribution in [2.45, 2.75) is 52.6 Å². The van der Waals surface area contributed by atoms with Crippen LogP contribution in [0.5, 0.6) is 0 Å². The van der Waals surface area contributed by atoms with Crippen LogP contribution in [0.15, 0.2) is 70.3 Å². The summed E-state index contributed by atoms with van der Waals surface area (Å²) in [6.07, 6.45) is 9.68. The first kappa shape index (κ1) is 24.9. The third kappa shape index (κ3) is 5.20. The van der Waals surface area contributed by atoms with Crippen LogP contribution >= 0.6 is 15.9 Å². The molecule has 4 aromatic heterocycles. The van der Waals surface area contributed by atoms with Crippen molar-refractivity contribution in [3.8, 4) is 28.3 Å². The quantitative estimate of drug-likeness (QED) is 0.251. The zero-order valence-electron chi connectivity index (χ0n) is 20.9. The lowest BCUT2D eigenvalue weighted by atomic mass is 10.0. The van der Waals surface area contributed by atoms with E-state index in [1.165, 1.54) is 0 Å². The van der Waals surface area contributed by atoms with Gasteiger partial charge in [-0.2, -0.15) is 5.21 Å². The van der Waals surface area contributed by atoms with Crippen molar-refractivity contribution in [3.05, 3.63) is 87.4 Å². The lowest BCUT2D eigenvalue weighted by molar-refractivity contribution is 0.640. The Morgan fingerprint density at radius 1 is 1.03 bits per heavy atom. The van der Waals surface area contributed by atoms with Gasteiger partial charge in [0, 0.05) is 36.4 Å². The molecule has 0 atom stereocenters. The first-order chi connectivity index (χ1) is 18.1. The number of tetrazole rings is 1. The second-order valence-electron chi connectivity index (χ2n) is 9.00. The van der Waals surface area contributed by atoms with Gasteiger partial charge in [-0.15, -0.1) is 10.2 Å².